The molecule has 1 unspecified atom stereocenters. The highest BCUT2D eigenvalue weighted by atomic mass is 16.5. The van der Waals surface area contributed by atoms with Crippen molar-refractivity contribution in [3.8, 4) is 0 Å². The molecule has 0 saturated heterocycles. The fraction of sp³-hybridized carbons (Fsp3) is 0.583. The van der Waals surface area contributed by atoms with Crippen molar-refractivity contribution < 1.29 is 14.3 Å². The van der Waals surface area contributed by atoms with Crippen molar-refractivity contribution in [2.75, 3.05) is 6.61 Å². The van der Waals surface area contributed by atoms with Gasteiger partial charge in [-0.1, -0.05) is 12.1 Å². The molecule has 4 aliphatic carbocycles. The van der Waals surface area contributed by atoms with Gasteiger partial charge in [0.2, 0.25) is 0 Å². The van der Waals surface area contributed by atoms with Gasteiger partial charge in [0.1, 0.15) is 6.54 Å². The molecule has 4 fully saturated rings. The number of ether oxygens (including phenoxy) is 1. The molecule has 1 amide bonds. The fourth-order valence-electron chi connectivity index (χ4n) is 6.74. The zero-order valence-electron chi connectivity index (χ0n) is 17.9. The Morgan fingerprint density at radius 2 is 1.81 bits per heavy atom. The standard InChI is InChI=1S/C24H29N3O4/c1-15(24-9-16-6-17(10-24)8-18(7-16)11-24)26-21(28)14-31-23(30)13-27-20-5-3-2-4-19(20)25-12-22(27)29/h2-5,12,15-18H,6-11,13-14H2,1H3,(H,26,28). The lowest BCUT2D eigenvalue weighted by Gasteiger charge is -2.59. The summed E-state index contributed by atoms with van der Waals surface area (Å²) in [5.74, 6) is 1.56. The van der Waals surface area contributed by atoms with Crippen molar-refractivity contribution >= 4 is 22.9 Å². The lowest BCUT2D eigenvalue weighted by molar-refractivity contribution is -0.150. The molecule has 1 N–H and O–H groups in total. The lowest BCUT2D eigenvalue weighted by atomic mass is 9.48. The summed E-state index contributed by atoms with van der Waals surface area (Å²) < 4.78 is 6.52. The first-order valence-corrected chi connectivity index (χ1v) is 11.3. The second-order valence-corrected chi connectivity index (χ2v) is 9.90. The van der Waals surface area contributed by atoms with Gasteiger partial charge in [0.15, 0.2) is 6.61 Å². The number of carbonyl (C=O) groups is 2. The van der Waals surface area contributed by atoms with E-state index >= 15 is 0 Å². The fourth-order valence-corrected chi connectivity index (χ4v) is 6.74. The predicted molar refractivity (Wildman–Crippen MR) is 115 cm³/mol. The van der Waals surface area contributed by atoms with Crippen LogP contribution in [-0.2, 0) is 20.9 Å². The minimum absolute atomic E-state index is 0.0823. The molecule has 31 heavy (non-hydrogen) atoms. The first-order valence-electron chi connectivity index (χ1n) is 11.3. The van der Waals surface area contributed by atoms with Crippen LogP contribution in [0.3, 0.4) is 0 Å². The number of esters is 1. The van der Waals surface area contributed by atoms with E-state index in [1.807, 2.05) is 6.07 Å². The highest BCUT2D eigenvalue weighted by molar-refractivity contribution is 5.81. The molecule has 4 saturated carbocycles. The Balaban J connectivity index is 1.17. The minimum atomic E-state index is -0.615. The number of rotatable bonds is 6. The van der Waals surface area contributed by atoms with Gasteiger partial charge in [0.05, 0.1) is 17.2 Å². The Morgan fingerprint density at radius 1 is 1.16 bits per heavy atom. The summed E-state index contributed by atoms with van der Waals surface area (Å²) in [6.45, 7) is 1.53. The number of amides is 1. The molecule has 1 aromatic heterocycles. The summed E-state index contributed by atoms with van der Waals surface area (Å²) >= 11 is 0. The summed E-state index contributed by atoms with van der Waals surface area (Å²) in [5, 5.41) is 3.10. The lowest BCUT2D eigenvalue weighted by Crippen LogP contribution is -2.56. The summed E-state index contributed by atoms with van der Waals surface area (Å²) in [6, 6.07) is 7.19. The third-order valence-electron chi connectivity index (χ3n) is 7.79. The third kappa shape index (κ3) is 3.86. The van der Waals surface area contributed by atoms with Crippen LogP contribution >= 0.6 is 0 Å². The molecule has 7 nitrogen and oxygen atoms in total. The first-order chi connectivity index (χ1) is 14.9. The predicted octanol–water partition coefficient (Wildman–Crippen LogP) is 2.66. The molecule has 4 bridgehead atoms. The summed E-state index contributed by atoms with van der Waals surface area (Å²) in [7, 11) is 0. The zero-order chi connectivity index (χ0) is 21.6. The monoisotopic (exact) mass is 423 g/mol. The van der Waals surface area contributed by atoms with Gasteiger partial charge < -0.3 is 10.1 Å². The molecule has 6 rings (SSSR count). The number of benzene rings is 1. The van der Waals surface area contributed by atoms with Crippen LogP contribution in [0.4, 0.5) is 0 Å². The van der Waals surface area contributed by atoms with E-state index in [0.29, 0.717) is 11.0 Å². The van der Waals surface area contributed by atoms with E-state index in [1.165, 1.54) is 49.3 Å². The summed E-state index contributed by atoms with van der Waals surface area (Å²) in [4.78, 5) is 41.1. The molecule has 1 atom stereocenters. The number of hydrogen-bond donors (Lipinski definition) is 1. The van der Waals surface area contributed by atoms with E-state index in [9.17, 15) is 14.4 Å². The van der Waals surface area contributed by atoms with Crippen molar-refractivity contribution in [2.45, 2.75) is 58.0 Å². The normalized spacial score (nSPS) is 29.6. The average Bonchev–Trinajstić information content (AvgIpc) is 2.73. The maximum atomic E-state index is 12.5. The van der Waals surface area contributed by atoms with Crippen LogP contribution in [0.15, 0.2) is 35.3 Å². The largest absolute Gasteiger partial charge is 0.454 e. The Morgan fingerprint density at radius 3 is 2.48 bits per heavy atom. The summed E-state index contributed by atoms with van der Waals surface area (Å²) in [5.41, 5.74) is 1.01. The van der Waals surface area contributed by atoms with E-state index in [1.54, 1.807) is 18.2 Å². The third-order valence-corrected chi connectivity index (χ3v) is 7.79. The maximum absolute atomic E-state index is 12.5. The van der Waals surface area contributed by atoms with Crippen LogP contribution in [0.25, 0.3) is 11.0 Å². The SMILES string of the molecule is CC(NC(=O)COC(=O)Cn1c(=O)cnc2ccccc21)C12CC3CC(CC(C3)C1)C2. The van der Waals surface area contributed by atoms with Crippen LogP contribution in [0.1, 0.15) is 45.4 Å². The number of nitrogens with one attached hydrogen (secondary N) is 1. The smallest absolute Gasteiger partial charge is 0.326 e. The van der Waals surface area contributed by atoms with Crippen LogP contribution in [0, 0.1) is 23.2 Å². The van der Waals surface area contributed by atoms with Crippen LogP contribution in [0.2, 0.25) is 0 Å². The van der Waals surface area contributed by atoms with Crippen molar-refractivity contribution in [3.05, 3.63) is 40.8 Å². The van der Waals surface area contributed by atoms with Crippen molar-refractivity contribution in [1.29, 1.82) is 0 Å². The molecule has 164 valence electrons. The molecule has 4 aliphatic rings. The number of nitrogens with zero attached hydrogens (tertiary/aromatic N) is 2. The quantitative estimate of drug-likeness (QED) is 0.722. The molecule has 1 heterocycles. The van der Waals surface area contributed by atoms with Crippen LogP contribution in [0.5, 0.6) is 0 Å². The van der Waals surface area contributed by atoms with Gasteiger partial charge in [0.25, 0.3) is 11.5 Å². The Kier molecular flexibility index (Phi) is 5.07. The maximum Gasteiger partial charge on any atom is 0.326 e. The molecule has 0 radical (unpaired) electrons. The van der Waals surface area contributed by atoms with Gasteiger partial charge in [-0.05, 0) is 80.8 Å². The van der Waals surface area contributed by atoms with E-state index in [0.717, 1.165) is 17.8 Å². The van der Waals surface area contributed by atoms with Crippen molar-refractivity contribution in [1.82, 2.24) is 14.9 Å². The first kappa shape index (κ1) is 20.2. The van der Waals surface area contributed by atoms with E-state index < -0.39 is 5.97 Å². The Labute approximate surface area is 181 Å². The number of hydrogen-bond acceptors (Lipinski definition) is 5. The van der Waals surface area contributed by atoms with Gasteiger partial charge >= 0.3 is 5.97 Å². The molecular formula is C24H29N3O4. The zero-order valence-corrected chi connectivity index (χ0v) is 17.9. The number of carbonyl (C=O) groups excluding carboxylic acids is 2. The highest BCUT2D eigenvalue weighted by Crippen LogP contribution is 2.61. The van der Waals surface area contributed by atoms with Crippen LogP contribution < -0.4 is 10.9 Å². The minimum Gasteiger partial charge on any atom is -0.454 e. The van der Waals surface area contributed by atoms with Gasteiger partial charge in [-0.25, -0.2) is 4.98 Å². The molecule has 0 aliphatic heterocycles. The van der Waals surface area contributed by atoms with Crippen molar-refractivity contribution in [2.24, 2.45) is 23.2 Å². The molecule has 7 heteroatoms. The van der Waals surface area contributed by atoms with Gasteiger partial charge in [-0.15, -0.1) is 0 Å². The second kappa shape index (κ2) is 7.77. The van der Waals surface area contributed by atoms with Gasteiger partial charge in [0, 0.05) is 6.04 Å². The van der Waals surface area contributed by atoms with E-state index in [4.69, 9.17) is 4.74 Å². The number of aromatic nitrogens is 2. The molecule has 0 spiro atoms. The van der Waals surface area contributed by atoms with Gasteiger partial charge in [-0.3, -0.25) is 19.0 Å². The van der Waals surface area contributed by atoms with Crippen molar-refractivity contribution in [3.63, 3.8) is 0 Å². The molecular weight excluding hydrogens is 394 g/mol. The second-order valence-electron chi connectivity index (χ2n) is 9.90. The van der Waals surface area contributed by atoms with Gasteiger partial charge in [-0.2, -0.15) is 0 Å². The van der Waals surface area contributed by atoms with E-state index in [2.05, 4.69) is 17.2 Å². The number of para-hydroxylation sites is 2. The highest BCUT2D eigenvalue weighted by Gasteiger charge is 2.53. The summed E-state index contributed by atoms with van der Waals surface area (Å²) in [6.07, 6.45) is 8.89. The average molecular weight is 424 g/mol. The Hall–Kier alpha value is -2.70. The topological polar surface area (TPSA) is 90.3 Å². The molecule has 1 aromatic carbocycles. The number of fused-ring (bicyclic) bond motifs is 1. The van der Waals surface area contributed by atoms with Crippen LogP contribution in [-0.4, -0.2) is 34.1 Å². The molecule has 2 aromatic rings. The van der Waals surface area contributed by atoms with E-state index in [-0.39, 0.29) is 36.1 Å². The Bertz CT molecular complexity index is 1040.